The molecule has 2 aromatic carbocycles. The van der Waals surface area contributed by atoms with E-state index in [1.54, 1.807) is 30.3 Å². The lowest BCUT2D eigenvalue weighted by atomic mass is 10.1. The summed E-state index contributed by atoms with van der Waals surface area (Å²) in [4.78, 5) is 22.1. The standard InChI is InChI=1S/C15H12O4/c16-14(10-15(17)18)11-5-4-8-13(9-11)19-12-6-2-1-3-7-12/h1-9H,10H2,(H,17,18). The lowest BCUT2D eigenvalue weighted by Crippen LogP contribution is -2.06. The third-order valence-corrected chi connectivity index (χ3v) is 2.45. The van der Waals surface area contributed by atoms with Crippen LogP contribution in [0.25, 0.3) is 0 Å². The zero-order chi connectivity index (χ0) is 13.7. The second kappa shape index (κ2) is 5.82. The number of carboxylic acids is 1. The lowest BCUT2D eigenvalue weighted by molar-refractivity contribution is -0.135. The molecule has 0 spiro atoms. The summed E-state index contributed by atoms with van der Waals surface area (Å²) < 4.78 is 5.57. The molecule has 0 heterocycles. The Labute approximate surface area is 110 Å². The van der Waals surface area contributed by atoms with E-state index in [9.17, 15) is 9.59 Å². The molecule has 0 radical (unpaired) electrons. The number of aliphatic carboxylic acids is 1. The van der Waals surface area contributed by atoms with Crippen molar-refractivity contribution in [3.05, 3.63) is 60.2 Å². The number of para-hydroxylation sites is 1. The Hall–Kier alpha value is -2.62. The number of carboxylic acid groups (broad SMARTS) is 1. The molecule has 0 bridgehead atoms. The average Bonchev–Trinajstić information content (AvgIpc) is 2.39. The van der Waals surface area contributed by atoms with Crippen LogP contribution in [0.3, 0.4) is 0 Å². The summed E-state index contributed by atoms with van der Waals surface area (Å²) >= 11 is 0. The van der Waals surface area contributed by atoms with Crippen molar-refractivity contribution in [1.29, 1.82) is 0 Å². The maximum atomic E-state index is 11.6. The molecular formula is C15H12O4. The molecule has 0 saturated carbocycles. The Kier molecular flexibility index (Phi) is 3.93. The maximum absolute atomic E-state index is 11.6. The van der Waals surface area contributed by atoms with Gasteiger partial charge in [-0.05, 0) is 24.3 Å². The molecule has 96 valence electrons. The molecule has 19 heavy (non-hydrogen) atoms. The van der Waals surface area contributed by atoms with Gasteiger partial charge in [0.1, 0.15) is 17.9 Å². The number of carbonyl (C=O) groups excluding carboxylic acids is 1. The minimum absolute atomic E-state index is 0.329. The van der Waals surface area contributed by atoms with Crippen LogP contribution in [0.15, 0.2) is 54.6 Å². The van der Waals surface area contributed by atoms with Crippen LogP contribution in [-0.2, 0) is 4.79 Å². The number of hydrogen-bond acceptors (Lipinski definition) is 3. The summed E-state index contributed by atoms with van der Waals surface area (Å²) in [5, 5.41) is 8.60. The monoisotopic (exact) mass is 256 g/mol. The minimum Gasteiger partial charge on any atom is -0.481 e. The van der Waals surface area contributed by atoms with Crippen molar-refractivity contribution in [2.75, 3.05) is 0 Å². The zero-order valence-corrected chi connectivity index (χ0v) is 10.1. The topological polar surface area (TPSA) is 63.6 Å². The lowest BCUT2D eigenvalue weighted by Gasteiger charge is -2.06. The third-order valence-electron chi connectivity index (χ3n) is 2.45. The molecule has 0 amide bonds. The van der Waals surface area contributed by atoms with Crippen LogP contribution in [0, 0.1) is 0 Å². The summed E-state index contributed by atoms with van der Waals surface area (Å²) in [5.74, 6) is -0.418. The van der Waals surface area contributed by atoms with E-state index in [1.165, 1.54) is 6.07 Å². The number of rotatable bonds is 5. The first kappa shape index (κ1) is 12.8. The molecule has 0 fully saturated rings. The van der Waals surface area contributed by atoms with Gasteiger partial charge >= 0.3 is 5.97 Å². The molecular weight excluding hydrogens is 244 g/mol. The Morgan fingerprint density at radius 1 is 0.947 bits per heavy atom. The average molecular weight is 256 g/mol. The SMILES string of the molecule is O=C(O)CC(=O)c1cccc(Oc2ccccc2)c1. The van der Waals surface area contributed by atoms with Gasteiger partial charge in [0.05, 0.1) is 0 Å². The van der Waals surface area contributed by atoms with Crippen LogP contribution in [0.5, 0.6) is 11.5 Å². The van der Waals surface area contributed by atoms with Crippen LogP contribution >= 0.6 is 0 Å². The molecule has 1 N–H and O–H groups in total. The Morgan fingerprint density at radius 2 is 1.63 bits per heavy atom. The van der Waals surface area contributed by atoms with Gasteiger partial charge in [-0.15, -0.1) is 0 Å². The van der Waals surface area contributed by atoms with Gasteiger partial charge < -0.3 is 9.84 Å². The van der Waals surface area contributed by atoms with Gasteiger partial charge in [-0.25, -0.2) is 0 Å². The summed E-state index contributed by atoms with van der Waals surface area (Å²) in [6.45, 7) is 0. The van der Waals surface area contributed by atoms with Crippen molar-refractivity contribution in [2.45, 2.75) is 6.42 Å². The van der Waals surface area contributed by atoms with E-state index in [2.05, 4.69) is 0 Å². The van der Waals surface area contributed by atoms with E-state index in [1.807, 2.05) is 18.2 Å². The molecule has 0 atom stereocenters. The normalized spacial score (nSPS) is 9.89. The van der Waals surface area contributed by atoms with Crippen LogP contribution in [0.1, 0.15) is 16.8 Å². The first-order valence-electron chi connectivity index (χ1n) is 5.73. The fourth-order valence-electron chi connectivity index (χ4n) is 1.60. The fraction of sp³-hybridized carbons (Fsp3) is 0.0667. The summed E-state index contributed by atoms with van der Waals surface area (Å²) in [6.07, 6.45) is -0.519. The van der Waals surface area contributed by atoms with Crippen molar-refractivity contribution in [2.24, 2.45) is 0 Å². The van der Waals surface area contributed by atoms with E-state index in [0.717, 1.165) is 0 Å². The highest BCUT2D eigenvalue weighted by atomic mass is 16.5. The smallest absolute Gasteiger partial charge is 0.311 e. The van der Waals surface area contributed by atoms with Gasteiger partial charge in [-0.3, -0.25) is 9.59 Å². The second-order valence-electron chi connectivity index (χ2n) is 3.94. The Balaban J connectivity index is 2.15. The highest BCUT2D eigenvalue weighted by Gasteiger charge is 2.11. The van der Waals surface area contributed by atoms with Crippen LogP contribution in [-0.4, -0.2) is 16.9 Å². The van der Waals surface area contributed by atoms with Crippen molar-refractivity contribution < 1.29 is 19.4 Å². The predicted octanol–water partition coefficient (Wildman–Crippen LogP) is 3.14. The number of Topliss-reactive ketones (excluding diaryl/α,β-unsaturated/α-hetero) is 1. The van der Waals surface area contributed by atoms with Gasteiger partial charge in [-0.1, -0.05) is 30.3 Å². The first-order chi connectivity index (χ1) is 9.15. The summed E-state index contributed by atoms with van der Waals surface area (Å²) in [7, 11) is 0. The molecule has 0 saturated heterocycles. The van der Waals surface area contributed by atoms with Gasteiger partial charge in [0.25, 0.3) is 0 Å². The second-order valence-corrected chi connectivity index (χ2v) is 3.94. The quantitative estimate of drug-likeness (QED) is 0.659. The van der Waals surface area contributed by atoms with Gasteiger partial charge in [0, 0.05) is 5.56 Å². The molecule has 4 nitrogen and oxygen atoms in total. The number of ether oxygens (including phenoxy) is 1. The number of benzene rings is 2. The third kappa shape index (κ3) is 3.67. The Morgan fingerprint density at radius 3 is 2.32 bits per heavy atom. The van der Waals surface area contributed by atoms with E-state index in [4.69, 9.17) is 9.84 Å². The molecule has 0 aromatic heterocycles. The summed E-state index contributed by atoms with van der Waals surface area (Å²) in [6, 6.07) is 15.6. The van der Waals surface area contributed by atoms with Crippen molar-refractivity contribution in [1.82, 2.24) is 0 Å². The molecule has 0 aliphatic heterocycles. The van der Waals surface area contributed by atoms with Crippen LogP contribution in [0.2, 0.25) is 0 Å². The molecule has 0 aliphatic carbocycles. The van der Waals surface area contributed by atoms with Crippen LogP contribution < -0.4 is 4.74 Å². The van der Waals surface area contributed by atoms with E-state index < -0.39 is 18.2 Å². The predicted molar refractivity (Wildman–Crippen MR) is 69.5 cm³/mol. The summed E-state index contributed by atoms with van der Waals surface area (Å²) in [5.41, 5.74) is 0.329. The number of ketones is 1. The van der Waals surface area contributed by atoms with Crippen molar-refractivity contribution >= 4 is 11.8 Å². The van der Waals surface area contributed by atoms with E-state index in [0.29, 0.717) is 17.1 Å². The molecule has 4 heteroatoms. The van der Waals surface area contributed by atoms with Crippen LogP contribution in [0.4, 0.5) is 0 Å². The molecule has 2 rings (SSSR count). The molecule has 2 aromatic rings. The van der Waals surface area contributed by atoms with E-state index >= 15 is 0 Å². The van der Waals surface area contributed by atoms with Gasteiger partial charge in [-0.2, -0.15) is 0 Å². The van der Waals surface area contributed by atoms with E-state index in [-0.39, 0.29) is 0 Å². The Bertz CT molecular complexity index is 590. The first-order valence-corrected chi connectivity index (χ1v) is 5.73. The highest BCUT2D eigenvalue weighted by molar-refractivity contribution is 6.05. The molecule has 0 aliphatic rings. The zero-order valence-electron chi connectivity index (χ0n) is 10.1. The van der Waals surface area contributed by atoms with Crippen molar-refractivity contribution in [3.63, 3.8) is 0 Å². The maximum Gasteiger partial charge on any atom is 0.311 e. The number of hydrogen-bond donors (Lipinski definition) is 1. The molecule has 0 unspecified atom stereocenters. The van der Waals surface area contributed by atoms with Crippen molar-refractivity contribution in [3.8, 4) is 11.5 Å². The van der Waals surface area contributed by atoms with Gasteiger partial charge in [0.15, 0.2) is 5.78 Å². The van der Waals surface area contributed by atoms with Gasteiger partial charge in [0.2, 0.25) is 0 Å². The highest BCUT2D eigenvalue weighted by Crippen LogP contribution is 2.22. The largest absolute Gasteiger partial charge is 0.481 e. The minimum atomic E-state index is -1.14. The number of carbonyl (C=O) groups is 2. The fourth-order valence-corrected chi connectivity index (χ4v) is 1.60.